The lowest BCUT2D eigenvalue weighted by Crippen LogP contribution is -2.48. The van der Waals surface area contributed by atoms with Crippen LogP contribution in [0.25, 0.3) is 0 Å². The van der Waals surface area contributed by atoms with E-state index in [0.29, 0.717) is 13.2 Å². The second-order valence-electron chi connectivity index (χ2n) is 7.92. The fraction of sp³-hybridized carbons (Fsp3) is 0.684. The van der Waals surface area contributed by atoms with Gasteiger partial charge in [-0.3, -0.25) is 4.90 Å². The minimum Gasteiger partial charge on any atom is -0.475 e. The number of likely N-dealkylation sites (tertiary alicyclic amines) is 1. The highest BCUT2D eigenvalue weighted by Gasteiger charge is 2.42. The van der Waals surface area contributed by atoms with Gasteiger partial charge in [-0.25, -0.2) is 9.59 Å². The van der Waals surface area contributed by atoms with Crippen LogP contribution < -0.4 is 5.32 Å². The molecule has 0 radical (unpaired) electrons. The van der Waals surface area contributed by atoms with Crippen molar-refractivity contribution in [2.24, 2.45) is 5.41 Å². The van der Waals surface area contributed by atoms with E-state index in [0.717, 1.165) is 45.0 Å². The lowest BCUT2D eigenvalue weighted by Gasteiger charge is -2.32. The van der Waals surface area contributed by atoms with Crippen molar-refractivity contribution in [1.29, 1.82) is 0 Å². The van der Waals surface area contributed by atoms with Gasteiger partial charge in [-0.15, -0.1) is 0 Å². The van der Waals surface area contributed by atoms with Gasteiger partial charge in [0.25, 0.3) is 0 Å². The molecular weight excluding hydrogens is 407 g/mol. The Morgan fingerprint density at radius 1 is 1.30 bits per heavy atom. The first-order chi connectivity index (χ1) is 14.0. The Hall–Kier alpha value is -2.27. The number of carboxylic acid groups (broad SMARTS) is 1. The molecule has 1 unspecified atom stereocenters. The number of ether oxygens (including phenoxy) is 1. The number of nitrogens with one attached hydrogen (secondary N) is 1. The molecule has 3 rings (SSSR count). The SMILES string of the molecule is CC(C)NC(=O)N1CCOCC2(CCN(Cc3ccco3)C2)C1.O=C(O)C(F)(F)F. The molecule has 11 heteroatoms. The standard InChI is InChI=1S/C17H27N3O3.C2HF3O2/c1-14(2)18-16(21)20-7-9-22-13-17(12-20)5-6-19(11-17)10-15-4-3-8-23-15;3-2(4,5)1(6)7/h3-4,8,14H,5-7,9-13H2,1-2H3,(H,18,21);(H,6,7). The van der Waals surface area contributed by atoms with Crippen molar-refractivity contribution in [2.45, 2.75) is 39.0 Å². The minimum absolute atomic E-state index is 0.0226. The number of alkyl halides is 3. The molecule has 1 aromatic heterocycles. The molecule has 30 heavy (non-hydrogen) atoms. The Morgan fingerprint density at radius 3 is 2.57 bits per heavy atom. The Labute approximate surface area is 172 Å². The molecule has 0 aliphatic carbocycles. The topological polar surface area (TPSA) is 95.3 Å². The normalized spacial score (nSPS) is 22.5. The number of rotatable bonds is 3. The molecule has 2 aliphatic heterocycles. The van der Waals surface area contributed by atoms with Crippen LogP contribution in [0.3, 0.4) is 0 Å². The fourth-order valence-corrected chi connectivity index (χ4v) is 3.54. The van der Waals surface area contributed by atoms with Crippen LogP contribution in [0.4, 0.5) is 18.0 Å². The summed E-state index contributed by atoms with van der Waals surface area (Å²) in [5, 5.41) is 10.1. The predicted octanol–water partition coefficient (Wildman–Crippen LogP) is 2.56. The maximum atomic E-state index is 12.4. The van der Waals surface area contributed by atoms with Crippen LogP contribution in [0.5, 0.6) is 0 Å². The van der Waals surface area contributed by atoms with Gasteiger partial charge >= 0.3 is 18.2 Å². The predicted molar refractivity (Wildman–Crippen MR) is 101 cm³/mol. The summed E-state index contributed by atoms with van der Waals surface area (Å²) >= 11 is 0. The zero-order chi connectivity index (χ0) is 22.4. The summed E-state index contributed by atoms with van der Waals surface area (Å²) in [4.78, 5) is 25.6. The molecule has 1 spiro atoms. The number of hydrogen-bond donors (Lipinski definition) is 2. The van der Waals surface area contributed by atoms with Crippen molar-refractivity contribution in [3.63, 3.8) is 0 Å². The van der Waals surface area contributed by atoms with Gasteiger partial charge in [0.2, 0.25) is 0 Å². The van der Waals surface area contributed by atoms with Crippen LogP contribution >= 0.6 is 0 Å². The molecule has 0 bridgehead atoms. The number of amides is 2. The van der Waals surface area contributed by atoms with E-state index in [-0.39, 0.29) is 17.5 Å². The van der Waals surface area contributed by atoms with Crippen molar-refractivity contribution < 1.29 is 37.0 Å². The summed E-state index contributed by atoms with van der Waals surface area (Å²) in [6, 6.07) is 4.11. The first-order valence-electron chi connectivity index (χ1n) is 9.69. The first kappa shape index (κ1) is 24.0. The number of aliphatic carboxylic acids is 1. The lowest BCUT2D eigenvalue weighted by atomic mass is 9.87. The van der Waals surface area contributed by atoms with Crippen molar-refractivity contribution in [1.82, 2.24) is 15.1 Å². The Balaban J connectivity index is 0.000000396. The summed E-state index contributed by atoms with van der Waals surface area (Å²) in [6.45, 7) is 9.54. The Morgan fingerprint density at radius 2 is 2.00 bits per heavy atom. The highest BCUT2D eigenvalue weighted by molar-refractivity contribution is 5.74. The summed E-state index contributed by atoms with van der Waals surface area (Å²) in [5.74, 6) is -1.77. The van der Waals surface area contributed by atoms with Crippen LogP contribution in [0.1, 0.15) is 26.0 Å². The van der Waals surface area contributed by atoms with E-state index in [1.165, 1.54) is 0 Å². The molecule has 3 heterocycles. The fourth-order valence-electron chi connectivity index (χ4n) is 3.54. The zero-order valence-electron chi connectivity index (χ0n) is 17.1. The van der Waals surface area contributed by atoms with E-state index >= 15 is 0 Å². The van der Waals surface area contributed by atoms with Gasteiger partial charge in [-0.2, -0.15) is 13.2 Å². The van der Waals surface area contributed by atoms with Gasteiger partial charge in [0.1, 0.15) is 5.76 Å². The number of carboxylic acids is 1. The average Bonchev–Trinajstić information content (AvgIpc) is 3.22. The summed E-state index contributed by atoms with van der Waals surface area (Å²) in [6.07, 6.45) is -2.31. The summed E-state index contributed by atoms with van der Waals surface area (Å²) in [5.41, 5.74) is 0.0391. The van der Waals surface area contributed by atoms with Gasteiger partial charge in [0.05, 0.1) is 26.0 Å². The quantitative estimate of drug-likeness (QED) is 0.758. The maximum absolute atomic E-state index is 12.4. The molecule has 1 aromatic rings. The molecule has 2 fully saturated rings. The van der Waals surface area contributed by atoms with Crippen molar-refractivity contribution in [2.75, 3.05) is 39.4 Å². The van der Waals surface area contributed by atoms with E-state index in [9.17, 15) is 18.0 Å². The second kappa shape index (κ2) is 10.2. The monoisotopic (exact) mass is 435 g/mol. The number of nitrogens with zero attached hydrogens (tertiary/aromatic N) is 2. The molecule has 2 aliphatic rings. The summed E-state index contributed by atoms with van der Waals surface area (Å²) < 4.78 is 43.0. The number of carbonyl (C=O) groups excluding carboxylic acids is 1. The summed E-state index contributed by atoms with van der Waals surface area (Å²) in [7, 11) is 0. The van der Waals surface area contributed by atoms with Crippen molar-refractivity contribution in [3.8, 4) is 0 Å². The van der Waals surface area contributed by atoms with E-state index in [2.05, 4.69) is 10.2 Å². The van der Waals surface area contributed by atoms with E-state index in [1.54, 1.807) is 6.26 Å². The molecular formula is C19H28F3N3O5. The number of halogens is 3. The number of furan rings is 1. The van der Waals surface area contributed by atoms with Gasteiger partial charge in [-0.05, 0) is 38.9 Å². The molecule has 170 valence electrons. The van der Waals surface area contributed by atoms with Crippen LogP contribution in [-0.4, -0.2) is 78.5 Å². The van der Waals surface area contributed by atoms with Crippen LogP contribution in [0, 0.1) is 5.41 Å². The minimum atomic E-state index is -5.08. The third kappa shape index (κ3) is 7.21. The molecule has 2 N–H and O–H groups in total. The van der Waals surface area contributed by atoms with Crippen LogP contribution in [0.15, 0.2) is 22.8 Å². The number of carbonyl (C=O) groups is 2. The Kier molecular flexibility index (Phi) is 8.13. The highest BCUT2D eigenvalue weighted by atomic mass is 19.4. The van der Waals surface area contributed by atoms with Gasteiger partial charge in [0, 0.05) is 31.1 Å². The van der Waals surface area contributed by atoms with E-state index < -0.39 is 12.1 Å². The molecule has 8 nitrogen and oxygen atoms in total. The van der Waals surface area contributed by atoms with Crippen LogP contribution in [-0.2, 0) is 16.1 Å². The Bertz CT molecular complexity index is 696. The van der Waals surface area contributed by atoms with Crippen LogP contribution in [0.2, 0.25) is 0 Å². The maximum Gasteiger partial charge on any atom is 0.490 e. The highest BCUT2D eigenvalue weighted by Crippen LogP contribution is 2.34. The molecule has 2 saturated heterocycles. The average molecular weight is 435 g/mol. The molecule has 1 atom stereocenters. The third-order valence-electron chi connectivity index (χ3n) is 4.86. The van der Waals surface area contributed by atoms with Gasteiger partial charge in [0.15, 0.2) is 0 Å². The van der Waals surface area contributed by atoms with Gasteiger partial charge < -0.3 is 24.5 Å². The smallest absolute Gasteiger partial charge is 0.475 e. The number of urea groups is 1. The van der Waals surface area contributed by atoms with Crippen molar-refractivity contribution >= 4 is 12.0 Å². The second-order valence-corrected chi connectivity index (χ2v) is 7.92. The van der Waals surface area contributed by atoms with Gasteiger partial charge in [-0.1, -0.05) is 0 Å². The molecule has 0 aromatic carbocycles. The molecule has 2 amide bonds. The van der Waals surface area contributed by atoms with Crippen molar-refractivity contribution in [3.05, 3.63) is 24.2 Å². The van der Waals surface area contributed by atoms with E-state index in [1.807, 2.05) is 30.9 Å². The lowest BCUT2D eigenvalue weighted by molar-refractivity contribution is -0.192. The third-order valence-corrected chi connectivity index (χ3v) is 4.86. The van der Waals surface area contributed by atoms with E-state index in [4.69, 9.17) is 19.1 Å². The zero-order valence-corrected chi connectivity index (χ0v) is 17.1. The number of hydrogen-bond acceptors (Lipinski definition) is 5. The molecule has 0 saturated carbocycles. The largest absolute Gasteiger partial charge is 0.490 e. The first-order valence-corrected chi connectivity index (χ1v) is 9.69.